The summed E-state index contributed by atoms with van der Waals surface area (Å²) in [7, 11) is 0. The predicted octanol–water partition coefficient (Wildman–Crippen LogP) is 1.10. The van der Waals surface area contributed by atoms with Crippen molar-refractivity contribution < 1.29 is 9.90 Å². The van der Waals surface area contributed by atoms with Crippen molar-refractivity contribution in [2.75, 3.05) is 13.1 Å². The second kappa shape index (κ2) is 3.66. The Labute approximate surface area is 78.5 Å². The average Bonchev–Trinajstić information content (AvgIpc) is 2.02. The molecule has 0 aromatic heterocycles. The van der Waals surface area contributed by atoms with E-state index in [1.54, 1.807) is 0 Å². The molecule has 0 radical (unpaired) electrons. The quantitative estimate of drug-likeness (QED) is 0.674. The SMILES string of the molecule is O=C(O)C1CCCCC1C1CNC1. The first-order valence-corrected chi connectivity index (χ1v) is 5.22. The third kappa shape index (κ3) is 1.70. The molecular weight excluding hydrogens is 166 g/mol. The van der Waals surface area contributed by atoms with Gasteiger partial charge in [0, 0.05) is 0 Å². The molecule has 1 heterocycles. The number of carbonyl (C=O) groups is 1. The van der Waals surface area contributed by atoms with Gasteiger partial charge in [0.1, 0.15) is 0 Å². The topological polar surface area (TPSA) is 49.3 Å². The minimum absolute atomic E-state index is 0.0548. The van der Waals surface area contributed by atoms with Gasteiger partial charge in [-0.1, -0.05) is 12.8 Å². The molecule has 1 saturated carbocycles. The summed E-state index contributed by atoms with van der Waals surface area (Å²) in [5, 5.41) is 12.3. The van der Waals surface area contributed by atoms with Gasteiger partial charge in [-0.05, 0) is 37.8 Å². The molecule has 13 heavy (non-hydrogen) atoms. The monoisotopic (exact) mass is 183 g/mol. The summed E-state index contributed by atoms with van der Waals surface area (Å²) in [6.07, 6.45) is 4.36. The molecule has 1 aliphatic heterocycles. The molecule has 2 fully saturated rings. The van der Waals surface area contributed by atoms with E-state index in [0.29, 0.717) is 11.8 Å². The van der Waals surface area contributed by atoms with E-state index in [4.69, 9.17) is 5.11 Å². The molecule has 2 N–H and O–H groups in total. The van der Waals surface area contributed by atoms with E-state index >= 15 is 0 Å². The van der Waals surface area contributed by atoms with Crippen molar-refractivity contribution in [2.45, 2.75) is 25.7 Å². The molecule has 0 aromatic carbocycles. The van der Waals surface area contributed by atoms with E-state index in [0.717, 1.165) is 32.4 Å². The lowest BCUT2D eigenvalue weighted by Gasteiger charge is -2.40. The molecule has 3 heteroatoms. The van der Waals surface area contributed by atoms with Crippen LogP contribution in [0.5, 0.6) is 0 Å². The number of rotatable bonds is 2. The smallest absolute Gasteiger partial charge is 0.306 e. The van der Waals surface area contributed by atoms with Crippen LogP contribution in [0.3, 0.4) is 0 Å². The normalized spacial score (nSPS) is 35.4. The van der Waals surface area contributed by atoms with E-state index in [-0.39, 0.29) is 5.92 Å². The second-order valence-electron chi connectivity index (χ2n) is 4.31. The number of carboxylic acids is 1. The molecule has 2 atom stereocenters. The maximum absolute atomic E-state index is 11.0. The lowest BCUT2D eigenvalue weighted by Crippen LogP contribution is -2.49. The molecular formula is C10H17NO2. The van der Waals surface area contributed by atoms with Crippen LogP contribution in [0.4, 0.5) is 0 Å². The van der Waals surface area contributed by atoms with Crippen molar-refractivity contribution >= 4 is 5.97 Å². The van der Waals surface area contributed by atoms with Crippen LogP contribution >= 0.6 is 0 Å². The molecule has 3 nitrogen and oxygen atoms in total. The van der Waals surface area contributed by atoms with Gasteiger partial charge in [0.05, 0.1) is 5.92 Å². The van der Waals surface area contributed by atoms with Gasteiger partial charge < -0.3 is 10.4 Å². The summed E-state index contributed by atoms with van der Waals surface area (Å²) in [5.74, 6) is 0.464. The first-order valence-electron chi connectivity index (χ1n) is 5.22. The number of nitrogens with one attached hydrogen (secondary N) is 1. The Morgan fingerprint density at radius 2 is 1.92 bits per heavy atom. The van der Waals surface area contributed by atoms with Gasteiger partial charge in [-0.25, -0.2) is 0 Å². The van der Waals surface area contributed by atoms with Crippen molar-refractivity contribution in [3.8, 4) is 0 Å². The molecule has 2 rings (SSSR count). The fourth-order valence-corrected chi connectivity index (χ4v) is 2.64. The lowest BCUT2D eigenvalue weighted by molar-refractivity contribution is -0.146. The van der Waals surface area contributed by atoms with Crippen molar-refractivity contribution in [1.82, 2.24) is 5.32 Å². The van der Waals surface area contributed by atoms with Crippen LogP contribution in [0.25, 0.3) is 0 Å². The van der Waals surface area contributed by atoms with Crippen LogP contribution in [0.2, 0.25) is 0 Å². The summed E-state index contributed by atoms with van der Waals surface area (Å²) < 4.78 is 0. The molecule has 2 aliphatic rings. The highest BCUT2D eigenvalue weighted by molar-refractivity contribution is 5.70. The maximum atomic E-state index is 11.0. The van der Waals surface area contributed by atoms with Gasteiger partial charge in [0.2, 0.25) is 0 Å². The highest BCUT2D eigenvalue weighted by Gasteiger charge is 2.38. The first-order chi connectivity index (χ1) is 6.29. The Bertz CT molecular complexity index is 201. The number of carboxylic acid groups (broad SMARTS) is 1. The van der Waals surface area contributed by atoms with Crippen LogP contribution in [0, 0.1) is 17.8 Å². The van der Waals surface area contributed by atoms with Crippen molar-refractivity contribution in [1.29, 1.82) is 0 Å². The molecule has 0 amide bonds. The highest BCUT2D eigenvalue weighted by Crippen LogP contribution is 2.36. The summed E-state index contributed by atoms with van der Waals surface area (Å²) in [6.45, 7) is 2.07. The standard InChI is InChI=1S/C10H17NO2/c12-10(13)9-4-2-1-3-8(9)7-5-11-6-7/h7-9,11H,1-6H2,(H,12,13). The van der Waals surface area contributed by atoms with Crippen LogP contribution in [0.15, 0.2) is 0 Å². The Hall–Kier alpha value is -0.570. The molecule has 2 unspecified atom stereocenters. The minimum atomic E-state index is -0.573. The zero-order chi connectivity index (χ0) is 9.26. The predicted molar refractivity (Wildman–Crippen MR) is 49.4 cm³/mol. The number of aliphatic carboxylic acids is 1. The number of hydrogen-bond donors (Lipinski definition) is 2. The fraction of sp³-hybridized carbons (Fsp3) is 0.900. The zero-order valence-corrected chi connectivity index (χ0v) is 7.83. The zero-order valence-electron chi connectivity index (χ0n) is 7.83. The van der Waals surface area contributed by atoms with Crippen LogP contribution in [-0.2, 0) is 4.79 Å². The number of hydrogen-bond acceptors (Lipinski definition) is 2. The van der Waals surface area contributed by atoms with Gasteiger partial charge >= 0.3 is 5.97 Å². The summed E-state index contributed by atoms with van der Waals surface area (Å²) in [4.78, 5) is 11.0. The first kappa shape index (κ1) is 9.00. The van der Waals surface area contributed by atoms with E-state index in [9.17, 15) is 4.79 Å². The van der Waals surface area contributed by atoms with E-state index in [1.165, 1.54) is 6.42 Å². The Morgan fingerprint density at radius 3 is 2.46 bits per heavy atom. The summed E-state index contributed by atoms with van der Waals surface area (Å²) in [5.41, 5.74) is 0. The maximum Gasteiger partial charge on any atom is 0.306 e. The van der Waals surface area contributed by atoms with E-state index in [2.05, 4.69) is 5.32 Å². The third-order valence-electron chi connectivity index (χ3n) is 3.56. The molecule has 0 spiro atoms. The average molecular weight is 183 g/mol. The largest absolute Gasteiger partial charge is 0.481 e. The molecule has 1 aliphatic carbocycles. The second-order valence-corrected chi connectivity index (χ2v) is 4.31. The van der Waals surface area contributed by atoms with E-state index < -0.39 is 5.97 Å². The van der Waals surface area contributed by atoms with Crippen LogP contribution < -0.4 is 5.32 Å². The lowest BCUT2D eigenvalue weighted by atomic mass is 9.70. The van der Waals surface area contributed by atoms with Crippen LogP contribution in [0.1, 0.15) is 25.7 Å². The molecule has 1 saturated heterocycles. The molecule has 0 bridgehead atoms. The van der Waals surface area contributed by atoms with Crippen molar-refractivity contribution in [2.24, 2.45) is 17.8 Å². The van der Waals surface area contributed by atoms with Gasteiger partial charge in [0.15, 0.2) is 0 Å². The van der Waals surface area contributed by atoms with Gasteiger partial charge in [-0.15, -0.1) is 0 Å². The fourth-order valence-electron chi connectivity index (χ4n) is 2.64. The van der Waals surface area contributed by atoms with Gasteiger partial charge in [0.25, 0.3) is 0 Å². The van der Waals surface area contributed by atoms with Crippen LogP contribution in [-0.4, -0.2) is 24.2 Å². The minimum Gasteiger partial charge on any atom is -0.481 e. The van der Waals surface area contributed by atoms with E-state index in [1.807, 2.05) is 0 Å². The Kier molecular flexibility index (Phi) is 2.54. The highest BCUT2D eigenvalue weighted by atomic mass is 16.4. The van der Waals surface area contributed by atoms with Crippen molar-refractivity contribution in [3.05, 3.63) is 0 Å². The molecule has 0 aromatic rings. The van der Waals surface area contributed by atoms with Crippen molar-refractivity contribution in [3.63, 3.8) is 0 Å². The molecule has 74 valence electrons. The Morgan fingerprint density at radius 1 is 1.23 bits per heavy atom. The third-order valence-corrected chi connectivity index (χ3v) is 3.56. The van der Waals surface area contributed by atoms with Gasteiger partial charge in [-0.3, -0.25) is 4.79 Å². The Balaban J connectivity index is 1.99. The van der Waals surface area contributed by atoms with Gasteiger partial charge in [-0.2, -0.15) is 0 Å². The summed E-state index contributed by atoms with van der Waals surface area (Å²) >= 11 is 0. The summed E-state index contributed by atoms with van der Waals surface area (Å²) in [6, 6.07) is 0.